The highest BCUT2D eigenvalue weighted by molar-refractivity contribution is 5.34. The summed E-state index contributed by atoms with van der Waals surface area (Å²) in [5.74, 6) is 0.549. The summed E-state index contributed by atoms with van der Waals surface area (Å²) in [5, 5.41) is 3.53. The van der Waals surface area contributed by atoms with Crippen LogP contribution in [0, 0.1) is 11.7 Å². The summed E-state index contributed by atoms with van der Waals surface area (Å²) in [7, 11) is 0. The average Bonchev–Trinajstić information content (AvgIpc) is 2.57. The van der Waals surface area contributed by atoms with E-state index in [1.165, 1.54) is 11.1 Å². The lowest BCUT2D eigenvalue weighted by atomic mass is 10.1. The molecule has 0 bridgehead atoms. The lowest BCUT2D eigenvalue weighted by Crippen LogP contribution is -2.23. The van der Waals surface area contributed by atoms with Gasteiger partial charge in [-0.1, -0.05) is 19.9 Å². The van der Waals surface area contributed by atoms with Gasteiger partial charge in [-0.3, -0.25) is 0 Å². The molecular formula is C13H18FN. The largest absolute Gasteiger partial charge is 0.310 e. The minimum Gasteiger partial charge on any atom is -0.310 e. The number of hydrogen-bond donors (Lipinski definition) is 1. The van der Waals surface area contributed by atoms with Crippen LogP contribution < -0.4 is 5.32 Å². The molecule has 1 aromatic rings. The van der Waals surface area contributed by atoms with Crippen molar-refractivity contribution in [2.24, 2.45) is 5.92 Å². The van der Waals surface area contributed by atoms with E-state index in [1.807, 2.05) is 6.07 Å². The van der Waals surface area contributed by atoms with E-state index in [0.29, 0.717) is 12.0 Å². The molecule has 1 aromatic carbocycles. The highest BCUT2D eigenvalue weighted by Crippen LogP contribution is 2.31. The third kappa shape index (κ3) is 2.37. The van der Waals surface area contributed by atoms with Crippen molar-refractivity contribution in [3.8, 4) is 0 Å². The Hall–Kier alpha value is -0.890. The van der Waals surface area contributed by atoms with Crippen molar-refractivity contribution in [2.45, 2.75) is 32.7 Å². The van der Waals surface area contributed by atoms with Gasteiger partial charge in [0.25, 0.3) is 0 Å². The van der Waals surface area contributed by atoms with E-state index in [4.69, 9.17) is 0 Å². The molecule has 1 nitrogen and oxygen atoms in total. The summed E-state index contributed by atoms with van der Waals surface area (Å²) in [6, 6.07) is 5.60. The van der Waals surface area contributed by atoms with Crippen molar-refractivity contribution in [2.75, 3.05) is 6.54 Å². The van der Waals surface area contributed by atoms with Crippen molar-refractivity contribution < 1.29 is 4.39 Å². The van der Waals surface area contributed by atoms with Crippen molar-refractivity contribution in [3.05, 3.63) is 35.1 Å². The van der Waals surface area contributed by atoms with Gasteiger partial charge in [0, 0.05) is 6.04 Å². The second-order valence-corrected chi connectivity index (χ2v) is 4.74. The summed E-state index contributed by atoms with van der Waals surface area (Å²) < 4.78 is 13.0. The third-order valence-corrected chi connectivity index (χ3v) is 2.96. The minimum atomic E-state index is -0.113. The molecule has 15 heavy (non-hydrogen) atoms. The zero-order valence-electron chi connectivity index (χ0n) is 9.39. The molecule has 0 amide bonds. The van der Waals surface area contributed by atoms with Gasteiger partial charge in [0.05, 0.1) is 0 Å². The lowest BCUT2D eigenvalue weighted by molar-refractivity contribution is 0.472. The van der Waals surface area contributed by atoms with E-state index < -0.39 is 0 Å². The van der Waals surface area contributed by atoms with Gasteiger partial charge in [0.15, 0.2) is 0 Å². The van der Waals surface area contributed by atoms with Crippen LogP contribution in [0.3, 0.4) is 0 Å². The molecule has 1 aliphatic carbocycles. The molecule has 1 atom stereocenters. The Labute approximate surface area is 90.7 Å². The summed E-state index contributed by atoms with van der Waals surface area (Å²) >= 11 is 0. The van der Waals surface area contributed by atoms with Gasteiger partial charge in [-0.05, 0) is 48.6 Å². The number of nitrogens with one attached hydrogen (secondary N) is 1. The van der Waals surface area contributed by atoms with Crippen LogP contribution in [-0.2, 0) is 6.42 Å². The average molecular weight is 207 g/mol. The van der Waals surface area contributed by atoms with Crippen molar-refractivity contribution in [3.63, 3.8) is 0 Å². The second kappa shape index (κ2) is 4.31. The first kappa shape index (κ1) is 10.6. The second-order valence-electron chi connectivity index (χ2n) is 4.74. The van der Waals surface area contributed by atoms with Crippen molar-refractivity contribution >= 4 is 0 Å². The molecule has 0 radical (unpaired) electrons. The van der Waals surface area contributed by atoms with E-state index in [-0.39, 0.29) is 5.82 Å². The maximum absolute atomic E-state index is 13.0. The Morgan fingerprint density at radius 1 is 1.47 bits per heavy atom. The molecule has 0 aromatic heterocycles. The van der Waals surface area contributed by atoms with Crippen molar-refractivity contribution in [1.82, 2.24) is 5.32 Å². The standard InChI is InChI=1S/C13H18FN/c1-9(2)8-15-13-6-3-10-7-11(14)4-5-12(10)13/h4-5,7,9,13,15H,3,6,8H2,1-2H3. The zero-order valence-corrected chi connectivity index (χ0v) is 9.39. The molecule has 0 heterocycles. The molecule has 0 aliphatic heterocycles. The number of rotatable bonds is 3. The van der Waals surface area contributed by atoms with E-state index in [1.54, 1.807) is 12.1 Å². The summed E-state index contributed by atoms with van der Waals surface area (Å²) in [6.07, 6.45) is 2.11. The van der Waals surface area contributed by atoms with Crippen LogP contribution >= 0.6 is 0 Å². The van der Waals surface area contributed by atoms with Gasteiger partial charge in [-0.2, -0.15) is 0 Å². The Balaban J connectivity index is 2.08. The monoisotopic (exact) mass is 207 g/mol. The van der Waals surface area contributed by atoms with Crippen LogP contribution in [-0.4, -0.2) is 6.54 Å². The fourth-order valence-corrected chi connectivity index (χ4v) is 2.18. The van der Waals surface area contributed by atoms with E-state index in [9.17, 15) is 4.39 Å². The Morgan fingerprint density at radius 2 is 2.27 bits per heavy atom. The topological polar surface area (TPSA) is 12.0 Å². The van der Waals surface area contributed by atoms with Gasteiger partial charge >= 0.3 is 0 Å². The molecule has 0 saturated carbocycles. The van der Waals surface area contributed by atoms with Crippen molar-refractivity contribution in [1.29, 1.82) is 0 Å². The minimum absolute atomic E-state index is 0.113. The van der Waals surface area contributed by atoms with Crippen LogP contribution in [0.4, 0.5) is 4.39 Å². The SMILES string of the molecule is CC(C)CNC1CCc2cc(F)ccc21. The predicted octanol–water partition coefficient (Wildman–Crippen LogP) is 3.06. The van der Waals surface area contributed by atoms with Gasteiger partial charge in [-0.25, -0.2) is 4.39 Å². The lowest BCUT2D eigenvalue weighted by Gasteiger charge is -2.15. The molecule has 0 spiro atoms. The normalized spacial score (nSPS) is 19.6. The highest BCUT2D eigenvalue weighted by atomic mass is 19.1. The molecule has 1 N–H and O–H groups in total. The summed E-state index contributed by atoms with van der Waals surface area (Å²) in [6.45, 7) is 5.43. The molecule has 0 saturated heterocycles. The molecule has 82 valence electrons. The molecule has 2 rings (SSSR count). The van der Waals surface area contributed by atoms with Crippen LogP contribution in [0.2, 0.25) is 0 Å². The van der Waals surface area contributed by atoms with E-state index in [2.05, 4.69) is 19.2 Å². The van der Waals surface area contributed by atoms with Gasteiger partial charge < -0.3 is 5.32 Å². The molecule has 2 heteroatoms. The highest BCUT2D eigenvalue weighted by Gasteiger charge is 2.22. The summed E-state index contributed by atoms with van der Waals surface area (Å²) in [5.41, 5.74) is 2.47. The number of hydrogen-bond acceptors (Lipinski definition) is 1. The first-order valence-electron chi connectivity index (χ1n) is 5.68. The van der Waals surface area contributed by atoms with Gasteiger partial charge in [0.1, 0.15) is 5.82 Å². The smallest absolute Gasteiger partial charge is 0.123 e. The van der Waals surface area contributed by atoms with Crippen LogP contribution in [0.25, 0.3) is 0 Å². The van der Waals surface area contributed by atoms with Crippen LogP contribution in [0.1, 0.15) is 37.4 Å². The van der Waals surface area contributed by atoms with Gasteiger partial charge in [-0.15, -0.1) is 0 Å². The van der Waals surface area contributed by atoms with Crippen LogP contribution in [0.15, 0.2) is 18.2 Å². The number of benzene rings is 1. The molecular weight excluding hydrogens is 189 g/mol. The maximum atomic E-state index is 13.0. The summed E-state index contributed by atoms with van der Waals surface area (Å²) in [4.78, 5) is 0. The maximum Gasteiger partial charge on any atom is 0.123 e. The first-order valence-corrected chi connectivity index (χ1v) is 5.68. The fourth-order valence-electron chi connectivity index (χ4n) is 2.18. The van der Waals surface area contributed by atoms with E-state index in [0.717, 1.165) is 19.4 Å². The Bertz CT molecular complexity index is 346. The van der Waals surface area contributed by atoms with Crippen LogP contribution in [0.5, 0.6) is 0 Å². The Morgan fingerprint density at radius 3 is 3.00 bits per heavy atom. The molecule has 0 fully saturated rings. The number of aryl methyl sites for hydroxylation is 1. The van der Waals surface area contributed by atoms with Gasteiger partial charge in [0.2, 0.25) is 0 Å². The predicted molar refractivity (Wildman–Crippen MR) is 60.3 cm³/mol. The number of fused-ring (bicyclic) bond motifs is 1. The number of halogens is 1. The molecule has 1 unspecified atom stereocenters. The zero-order chi connectivity index (χ0) is 10.8. The fraction of sp³-hybridized carbons (Fsp3) is 0.538. The molecule has 1 aliphatic rings. The first-order chi connectivity index (χ1) is 7.16. The third-order valence-electron chi connectivity index (χ3n) is 2.96. The Kier molecular flexibility index (Phi) is 3.06. The van der Waals surface area contributed by atoms with E-state index >= 15 is 0 Å². The quantitative estimate of drug-likeness (QED) is 0.803.